The molecule has 36 heavy (non-hydrogen) atoms. The van der Waals surface area contributed by atoms with Gasteiger partial charge in [-0.25, -0.2) is 0 Å². The Morgan fingerprint density at radius 3 is 2.03 bits per heavy atom. The van der Waals surface area contributed by atoms with Gasteiger partial charge in [0.15, 0.2) is 0 Å². The average Bonchev–Trinajstić information content (AvgIpc) is 3.16. The molecule has 178 valence electrons. The summed E-state index contributed by atoms with van der Waals surface area (Å²) < 4.78 is 6.61. The standard InChI is InChI=1S/C34H31NO/c1-33-20-10-11-21-34(33,36-2)30-23-26(18-19-31(30)35(33)27-14-4-3-5-15-27)32-28-16-8-6-12-24(28)22-25-13-7-9-17-29(25)32/h3-9,12-19,22-23H,10-11,20-21H2,1-2H3. The minimum atomic E-state index is -0.340. The maximum absolute atomic E-state index is 6.61. The SMILES string of the molecule is COC12CCCCC1(C)N(c1ccccc1)c1ccc(-c3c4ccccc4cc4ccccc34)cc12. The van der Waals surface area contributed by atoms with Gasteiger partial charge in [-0.3, -0.25) is 0 Å². The lowest BCUT2D eigenvalue weighted by Gasteiger charge is -2.50. The molecule has 5 aromatic rings. The molecule has 5 aromatic carbocycles. The summed E-state index contributed by atoms with van der Waals surface area (Å²) in [6, 6.07) is 37.8. The van der Waals surface area contributed by atoms with E-state index in [0.717, 1.165) is 12.8 Å². The number of rotatable bonds is 3. The fourth-order valence-electron chi connectivity index (χ4n) is 7.27. The minimum Gasteiger partial charge on any atom is -0.371 e. The van der Waals surface area contributed by atoms with E-state index >= 15 is 0 Å². The van der Waals surface area contributed by atoms with Crippen LogP contribution in [0, 0.1) is 0 Å². The molecule has 0 radical (unpaired) electrons. The number of fused-ring (bicyclic) bond motifs is 5. The van der Waals surface area contributed by atoms with E-state index in [4.69, 9.17) is 4.74 Å². The summed E-state index contributed by atoms with van der Waals surface area (Å²) in [6.07, 6.45) is 4.56. The zero-order valence-corrected chi connectivity index (χ0v) is 21.0. The molecule has 2 heteroatoms. The molecule has 2 aliphatic rings. The zero-order chi connectivity index (χ0) is 24.3. The molecule has 0 N–H and O–H groups in total. The first-order chi connectivity index (χ1) is 17.7. The van der Waals surface area contributed by atoms with Gasteiger partial charge in [-0.05, 0) is 82.8 Å². The first kappa shape index (κ1) is 21.6. The Hall–Kier alpha value is -3.62. The Morgan fingerprint density at radius 1 is 0.694 bits per heavy atom. The maximum Gasteiger partial charge on any atom is 0.118 e. The normalized spacial score (nSPS) is 23.1. The number of methoxy groups -OCH3 is 1. The summed E-state index contributed by atoms with van der Waals surface area (Å²) in [4.78, 5) is 2.57. The number of para-hydroxylation sites is 1. The number of hydrogen-bond acceptors (Lipinski definition) is 2. The van der Waals surface area contributed by atoms with Gasteiger partial charge in [-0.15, -0.1) is 0 Å². The molecule has 0 aromatic heterocycles. The van der Waals surface area contributed by atoms with Crippen molar-refractivity contribution in [2.24, 2.45) is 0 Å². The second kappa shape index (κ2) is 7.94. The minimum absolute atomic E-state index is 0.136. The van der Waals surface area contributed by atoms with E-state index in [2.05, 4.69) is 115 Å². The van der Waals surface area contributed by atoms with E-state index in [1.165, 1.54) is 62.5 Å². The van der Waals surface area contributed by atoms with Crippen LogP contribution in [0.3, 0.4) is 0 Å². The van der Waals surface area contributed by atoms with Crippen molar-refractivity contribution in [2.75, 3.05) is 12.0 Å². The lowest BCUT2D eigenvalue weighted by molar-refractivity contribution is -0.0871. The summed E-state index contributed by atoms with van der Waals surface area (Å²) >= 11 is 0. The summed E-state index contributed by atoms with van der Waals surface area (Å²) in [5.74, 6) is 0. The van der Waals surface area contributed by atoms with E-state index in [0.29, 0.717) is 0 Å². The van der Waals surface area contributed by atoms with Gasteiger partial charge in [0.2, 0.25) is 0 Å². The molecule has 2 unspecified atom stereocenters. The highest BCUT2D eigenvalue weighted by Gasteiger charge is 2.61. The lowest BCUT2D eigenvalue weighted by Crippen LogP contribution is -2.57. The van der Waals surface area contributed by atoms with Crippen molar-refractivity contribution < 1.29 is 4.74 Å². The maximum atomic E-state index is 6.61. The van der Waals surface area contributed by atoms with Crippen LogP contribution in [0.1, 0.15) is 38.2 Å². The van der Waals surface area contributed by atoms with Crippen LogP contribution >= 0.6 is 0 Å². The molecular weight excluding hydrogens is 438 g/mol. The van der Waals surface area contributed by atoms with Gasteiger partial charge in [0.1, 0.15) is 5.60 Å². The highest BCUT2D eigenvalue weighted by atomic mass is 16.5. The van der Waals surface area contributed by atoms with Gasteiger partial charge >= 0.3 is 0 Å². The number of nitrogens with zero attached hydrogens (tertiary/aromatic N) is 1. The Morgan fingerprint density at radius 2 is 1.33 bits per heavy atom. The zero-order valence-electron chi connectivity index (χ0n) is 21.0. The van der Waals surface area contributed by atoms with Crippen LogP contribution in [-0.2, 0) is 10.3 Å². The smallest absolute Gasteiger partial charge is 0.118 e. The van der Waals surface area contributed by atoms with E-state index in [1.807, 2.05) is 7.11 Å². The third-order valence-corrected chi connectivity index (χ3v) is 8.90. The van der Waals surface area contributed by atoms with Gasteiger partial charge in [-0.2, -0.15) is 0 Å². The van der Waals surface area contributed by atoms with E-state index < -0.39 is 0 Å². The number of hydrogen-bond donors (Lipinski definition) is 0. The monoisotopic (exact) mass is 469 g/mol. The molecule has 1 saturated carbocycles. The van der Waals surface area contributed by atoms with Gasteiger partial charge in [0.25, 0.3) is 0 Å². The molecule has 1 aliphatic heterocycles. The molecule has 0 spiro atoms. The van der Waals surface area contributed by atoms with Crippen LogP contribution in [0.25, 0.3) is 32.7 Å². The van der Waals surface area contributed by atoms with Crippen LogP contribution < -0.4 is 4.90 Å². The Kier molecular flexibility index (Phi) is 4.78. The molecule has 1 fully saturated rings. The summed E-state index contributed by atoms with van der Waals surface area (Å²) in [7, 11) is 1.92. The van der Waals surface area contributed by atoms with Crippen LogP contribution in [0.5, 0.6) is 0 Å². The molecule has 0 saturated heterocycles. The van der Waals surface area contributed by atoms with Crippen molar-refractivity contribution in [3.05, 3.63) is 109 Å². The third kappa shape index (κ3) is 2.82. The lowest BCUT2D eigenvalue weighted by atomic mass is 9.68. The van der Waals surface area contributed by atoms with Crippen LogP contribution in [0.2, 0.25) is 0 Å². The quantitative estimate of drug-likeness (QED) is 0.244. The number of benzene rings is 5. The molecular formula is C34H31NO. The van der Waals surface area contributed by atoms with Crippen molar-refractivity contribution in [3.63, 3.8) is 0 Å². The predicted octanol–water partition coefficient (Wildman–Crippen LogP) is 8.99. The summed E-state index contributed by atoms with van der Waals surface area (Å²) in [5.41, 5.74) is 5.95. The van der Waals surface area contributed by atoms with Gasteiger partial charge in [-0.1, -0.05) is 85.6 Å². The van der Waals surface area contributed by atoms with E-state index in [-0.39, 0.29) is 11.1 Å². The molecule has 1 heterocycles. The fourth-order valence-corrected chi connectivity index (χ4v) is 7.27. The molecule has 0 amide bonds. The van der Waals surface area contributed by atoms with E-state index in [9.17, 15) is 0 Å². The molecule has 2 nitrogen and oxygen atoms in total. The van der Waals surface area contributed by atoms with Crippen molar-refractivity contribution in [1.82, 2.24) is 0 Å². The van der Waals surface area contributed by atoms with Crippen molar-refractivity contribution in [3.8, 4) is 11.1 Å². The Bertz CT molecular complexity index is 1550. The molecule has 1 aliphatic carbocycles. The second-order valence-electron chi connectivity index (χ2n) is 10.6. The first-order valence-electron chi connectivity index (χ1n) is 13.1. The average molecular weight is 470 g/mol. The van der Waals surface area contributed by atoms with Gasteiger partial charge in [0.05, 0.1) is 5.54 Å². The van der Waals surface area contributed by atoms with E-state index in [1.54, 1.807) is 0 Å². The van der Waals surface area contributed by atoms with Crippen molar-refractivity contribution in [1.29, 1.82) is 0 Å². The van der Waals surface area contributed by atoms with Crippen LogP contribution in [-0.4, -0.2) is 12.6 Å². The van der Waals surface area contributed by atoms with Crippen molar-refractivity contribution >= 4 is 32.9 Å². The third-order valence-electron chi connectivity index (χ3n) is 8.90. The summed E-state index contributed by atoms with van der Waals surface area (Å²) in [6.45, 7) is 2.41. The van der Waals surface area contributed by atoms with Gasteiger partial charge in [0, 0.05) is 24.0 Å². The van der Waals surface area contributed by atoms with Crippen molar-refractivity contribution in [2.45, 2.75) is 43.7 Å². The number of ether oxygens (including phenoxy) is 1. The predicted molar refractivity (Wildman–Crippen MR) is 151 cm³/mol. The first-order valence-corrected chi connectivity index (χ1v) is 13.1. The van der Waals surface area contributed by atoms with Crippen LogP contribution in [0.4, 0.5) is 11.4 Å². The highest BCUT2D eigenvalue weighted by Crippen LogP contribution is 2.61. The molecule has 0 bridgehead atoms. The largest absolute Gasteiger partial charge is 0.371 e. The fraction of sp³-hybridized carbons (Fsp3) is 0.235. The van der Waals surface area contributed by atoms with Gasteiger partial charge < -0.3 is 9.64 Å². The second-order valence-corrected chi connectivity index (χ2v) is 10.6. The topological polar surface area (TPSA) is 12.5 Å². The van der Waals surface area contributed by atoms with Crippen LogP contribution in [0.15, 0.2) is 103 Å². The molecule has 2 atom stereocenters. The number of anilines is 2. The summed E-state index contributed by atoms with van der Waals surface area (Å²) in [5, 5.41) is 5.15. The Balaban J connectivity index is 1.53. The molecule has 7 rings (SSSR count). The highest BCUT2D eigenvalue weighted by molar-refractivity contribution is 6.12. The Labute approximate surface area is 213 Å².